The van der Waals surface area contributed by atoms with Crippen molar-refractivity contribution in [2.24, 2.45) is 0 Å². The molecule has 0 rings (SSSR count). The van der Waals surface area contributed by atoms with Crippen molar-refractivity contribution >= 4 is 18.4 Å². The molecule has 0 aliphatic rings. The van der Waals surface area contributed by atoms with Crippen molar-refractivity contribution in [2.75, 3.05) is 6.61 Å². The zero-order chi connectivity index (χ0) is 4.28. The number of aliphatic hydroxyl groups is 1. The Morgan fingerprint density at radius 3 is 1.86 bits per heavy atom. The average Bonchev–Trinajstić information content (AvgIpc) is 1.38. The monoisotopic (exact) mass is 136 g/mol. The normalized spacial score (nSPS) is 5.29. The molecule has 0 aromatic rings. The van der Waals surface area contributed by atoms with Crippen molar-refractivity contribution in [3.63, 3.8) is 0 Å². The number of rotatable bonds is 1. The fraction of sp³-hybridized carbons (Fsp3) is 0.500. The predicted octanol–water partition coefficient (Wildman–Crippen LogP) is -3.40. The molecule has 0 aromatic heterocycles. The van der Waals surface area contributed by atoms with Gasteiger partial charge in [0.25, 0.3) is 0 Å². The molecule has 0 fully saturated rings. The number of hydrogen-bond acceptors (Lipinski definition) is 2. The molecule has 0 bridgehead atoms. The summed E-state index contributed by atoms with van der Waals surface area (Å²) in [6.45, 7) is -0.778. The van der Waals surface area contributed by atoms with Crippen molar-refractivity contribution in [1.29, 1.82) is 0 Å². The van der Waals surface area contributed by atoms with E-state index in [0.29, 0.717) is 0 Å². The van der Waals surface area contributed by atoms with Crippen molar-refractivity contribution in [3.8, 4) is 0 Å². The van der Waals surface area contributed by atoms with E-state index in [1.54, 1.807) is 0 Å². The van der Waals surface area contributed by atoms with Gasteiger partial charge in [0.15, 0.2) is 0 Å². The molecular formula is C2H6ClNaO3. The van der Waals surface area contributed by atoms with E-state index < -0.39 is 12.6 Å². The standard InChI is InChI=1S/C2H4O3.ClH.Na.H/c3-1-2(4)5;;;/h3H,1H2,(H,4,5);1H;;/q;;+1;-1. The second-order valence-corrected chi connectivity index (χ2v) is 0.552. The van der Waals surface area contributed by atoms with Gasteiger partial charge in [-0.15, -0.1) is 12.4 Å². The second kappa shape index (κ2) is 9.87. The minimum absolute atomic E-state index is 0. The number of aliphatic carboxylic acids is 1. The third-order valence-corrected chi connectivity index (χ3v) is 0.135. The number of hydrogen-bond donors (Lipinski definition) is 2. The fourth-order valence-electron chi connectivity index (χ4n) is 0. The summed E-state index contributed by atoms with van der Waals surface area (Å²) in [4.78, 5) is 9.12. The van der Waals surface area contributed by atoms with Crippen LogP contribution in [0.1, 0.15) is 1.43 Å². The second-order valence-electron chi connectivity index (χ2n) is 0.552. The zero-order valence-electron chi connectivity index (χ0n) is 4.92. The molecule has 0 atom stereocenters. The Morgan fingerprint density at radius 1 is 1.71 bits per heavy atom. The van der Waals surface area contributed by atoms with Gasteiger partial charge in [0, 0.05) is 0 Å². The summed E-state index contributed by atoms with van der Waals surface area (Å²) in [7, 11) is 0. The van der Waals surface area contributed by atoms with Crippen LogP contribution in [0.5, 0.6) is 0 Å². The maximum atomic E-state index is 9.12. The van der Waals surface area contributed by atoms with Crippen LogP contribution in [0, 0.1) is 0 Å². The van der Waals surface area contributed by atoms with E-state index in [-0.39, 0.29) is 43.4 Å². The van der Waals surface area contributed by atoms with Gasteiger partial charge < -0.3 is 11.6 Å². The Hall–Kier alpha value is 0.720. The van der Waals surface area contributed by atoms with E-state index in [9.17, 15) is 0 Å². The van der Waals surface area contributed by atoms with Gasteiger partial charge in [0.2, 0.25) is 0 Å². The first-order chi connectivity index (χ1) is 2.27. The van der Waals surface area contributed by atoms with Crippen LogP contribution in [0.15, 0.2) is 0 Å². The van der Waals surface area contributed by atoms with Crippen LogP contribution in [0.3, 0.4) is 0 Å². The van der Waals surface area contributed by atoms with Gasteiger partial charge in [0.1, 0.15) is 6.61 Å². The fourth-order valence-corrected chi connectivity index (χ4v) is 0. The molecule has 0 radical (unpaired) electrons. The first kappa shape index (κ1) is 15.6. The van der Waals surface area contributed by atoms with E-state index in [2.05, 4.69) is 0 Å². The van der Waals surface area contributed by atoms with Crippen LogP contribution in [0.2, 0.25) is 0 Å². The molecule has 40 valence electrons. The molecule has 3 nitrogen and oxygen atoms in total. The van der Waals surface area contributed by atoms with Crippen molar-refractivity contribution in [1.82, 2.24) is 0 Å². The number of carboxylic acid groups (broad SMARTS) is 1. The molecule has 7 heavy (non-hydrogen) atoms. The van der Waals surface area contributed by atoms with Gasteiger partial charge in [-0.1, -0.05) is 0 Å². The van der Waals surface area contributed by atoms with Crippen molar-refractivity contribution < 1.29 is 46.0 Å². The zero-order valence-corrected chi connectivity index (χ0v) is 6.73. The van der Waals surface area contributed by atoms with Crippen LogP contribution in [0.25, 0.3) is 0 Å². The Labute approximate surface area is 70.9 Å². The summed E-state index contributed by atoms with van der Waals surface area (Å²) < 4.78 is 0. The van der Waals surface area contributed by atoms with Crippen LogP contribution in [-0.4, -0.2) is 22.8 Å². The molecule has 0 spiro atoms. The van der Waals surface area contributed by atoms with E-state index in [0.717, 1.165) is 0 Å². The maximum absolute atomic E-state index is 9.12. The summed E-state index contributed by atoms with van der Waals surface area (Å²) in [6.07, 6.45) is 0. The number of carbonyl (C=O) groups is 1. The van der Waals surface area contributed by atoms with Crippen LogP contribution in [0.4, 0.5) is 0 Å². The van der Waals surface area contributed by atoms with Gasteiger partial charge >= 0.3 is 35.5 Å². The first-order valence-electron chi connectivity index (χ1n) is 1.10. The largest absolute Gasteiger partial charge is 1.00 e. The first-order valence-corrected chi connectivity index (χ1v) is 1.10. The molecule has 0 saturated heterocycles. The van der Waals surface area contributed by atoms with Crippen LogP contribution >= 0.6 is 12.4 Å². The molecule has 0 saturated carbocycles. The number of aliphatic hydroxyl groups excluding tert-OH is 1. The quantitative estimate of drug-likeness (QED) is 0.370. The minimum Gasteiger partial charge on any atom is -1.00 e. The van der Waals surface area contributed by atoms with Gasteiger partial charge in [-0.25, -0.2) is 4.79 Å². The molecule has 0 unspecified atom stereocenters. The Bertz CT molecular complexity index is 52.5. The van der Waals surface area contributed by atoms with Crippen molar-refractivity contribution in [3.05, 3.63) is 0 Å². The van der Waals surface area contributed by atoms with Gasteiger partial charge in [0.05, 0.1) is 0 Å². The number of carboxylic acids is 1. The summed E-state index contributed by atoms with van der Waals surface area (Å²) in [5.74, 6) is -1.19. The van der Waals surface area contributed by atoms with Crippen LogP contribution in [-0.2, 0) is 4.79 Å². The summed E-state index contributed by atoms with van der Waals surface area (Å²) in [5.41, 5.74) is 0. The maximum Gasteiger partial charge on any atom is 1.00 e. The van der Waals surface area contributed by atoms with Gasteiger partial charge in [-0.2, -0.15) is 0 Å². The molecule has 0 aliphatic heterocycles. The molecule has 2 N–H and O–H groups in total. The Balaban J connectivity index is -0.0000000267. The minimum atomic E-state index is -1.19. The smallest absolute Gasteiger partial charge is 1.00 e. The molecule has 5 heteroatoms. The summed E-state index contributed by atoms with van der Waals surface area (Å²) >= 11 is 0. The van der Waals surface area contributed by atoms with Gasteiger partial charge in [-0.3, -0.25) is 0 Å². The summed E-state index contributed by atoms with van der Waals surface area (Å²) in [5, 5.41) is 15.0. The van der Waals surface area contributed by atoms with E-state index in [1.807, 2.05) is 0 Å². The molecule has 0 amide bonds. The average molecular weight is 137 g/mol. The SMILES string of the molecule is Cl.O=C(O)CO.[H-].[Na+]. The topological polar surface area (TPSA) is 57.5 Å². The molecular weight excluding hydrogens is 130 g/mol. The molecule has 0 heterocycles. The third kappa shape index (κ3) is 20.2. The molecule has 0 aromatic carbocycles. The number of halogens is 1. The molecule has 0 aliphatic carbocycles. The third-order valence-electron chi connectivity index (χ3n) is 0.135. The van der Waals surface area contributed by atoms with E-state index in [4.69, 9.17) is 15.0 Å². The van der Waals surface area contributed by atoms with Crippen molar-refractivity contribution in [2.45, 2.75) is 0 Å². The Morgan fingerprint density at radius 2 is 1.86 bits per heavy atom. The predicted molar refractivity (Wildman–Crippen MR) is 23.1 cm³/mol. The summed E-state index contributed by atoms with van der Waals surface area (Å²) in [6, 6.07) is 0. The Kier molecular flexibility index (Phi) is 22.1. The van der Waals surface area contributed by atoms with Gasteiger partial charge in [-0.05, 0) is 0 Å². The van der Waals surface area contributed by atoms with E-state index >= 15 is 0 Å². The van der Waals surface area contributed by atoms with E-state index in [1.165, 1.54) is 0 Å². The van der Waals surface area contributed by atoms with Crippen LogP contribution < -0.4 is 29.6 Å².